The maximum absolute atomic E-state index is 5.56. The molecule has 1 heterocycles. The Labute approximate surface area is 132 Å². The second kappa shape index (κ2) is 7.49. The van der Waals surface area contributed by atoms with Crippen molar-refractivity contribution in [2.45, 2.75) is 20.0 Å². The van der Waals surface area contributed by atoms with Crippen LogP contribution in [0.25, 0.3) is 0 Å². The molecule has 1 aromatic heterocycles. The van der Waals surface area contributed by atoms with Crippen LogP contribution in [0.2, 0.25) is 0 Å². The van der Waals surface area contributed by atoms with Gasteiger partial charge in [0.05, 0.1) is 0 Å². The van der Waals surface area contributed by atoms with Gasteiger partial charge in [0.15, 0.2) is 0 Å². The minimum Gasteiger partial charge on any atom is -0.481 e. The lowest BCUT2D eigenvalue weighted by Crippen LogP contribution is -2.13. The molecular formula is C16H16BrNOS. The third-order valence-electron chi connectivity index (χ3n) is 2.90. The first-order valence-electron chi connectivity index (χ1n) is 6.29. The predicted molar refractivity (Wildman–Crippen MR) is 88.1 cm³/mol. The molecule has 2 nitrogen and oxygen atoms in total. The molecule has 0 radical (unpaired) electrons. The Morgan fingerprint density at radius 1 is 1.35 bits per heavy atom. The van der Waals surface area contributed by atoms with E-state index >= 15 is 0 Å². The van der Waals surface area contributed by atoms with Gasteiger partial charge in [0.2, 0.25) is 0 Å². The predicted octanol–water partition coefficient (Wildman–Crippen LogP) is 4.12. The molecule has 104 valence electrons. The van der Waals surface area contributed by atoms with Crippen LogP contribution in [0.1, 0.15) is 16.0 Å². The second-order valence-corrected chi connectivity index (χ2v) is 6.29. The number of nitrogens with one attached hydrogen (secondary N) is 1. The molecule has 20 heavy (non-hydrogen) atoms. The van der Waals surface area contributed by atoms with Gasteiger partial charge in [-0.25, -0.2) is 0 Å². The Morgan fingerprint density at radius 2 is 2.20 bits per heavy atom. The monoisotopic (exact) mass is 349 g/mol. The lowest BCUT2D eigenvalue weighted by atomic mass is 10.2. The first-order chi connectivity index (χ1) is 9.70. The summed E-state index contributed by atoms with van der Waals surface area (Å²) in [6.07, 6.45) is 5.24. The highest BCUT2D eigenvalue weighted by Gasteiger charge is 2.05. The van der Waals surface area contributed by atoms with Crippen LogP contribution in [-0.4, -0.2) is 6.61 Å². The molecule has 0 saturated carbocycles. The molecule has 1 N–H and O–H groups in total. The molecule has 0 saturated heterocycles. The molecule has 0 unspecified atom stereocenters. The summed E-state index contributed by atoms with van der Waals surface area (Å²) in [6.45, 7) is 4.04. The fourth-order valence-electron chi connectivity index (χ4n) is 1.84. The Bertz CT molecular complexity index is 615. The lowest BCUT2D eigenvalue weighted by Gasteiger charge is -2.11. The Morgan fingerprint density at radius 3 is 2.90 bits per heavy atom. The topological polar surface area (TPSA) is 21.3 Å². The standard InChI is InChI=1S/C16H16BrNOS/c1-3-7-19-15-5-4-14(17)9-13(15)10-18-11-16-12(2)6-8-20-16/h1,4-6,8-9,18H,7,10-11H2,2H3. The van der Waals surface area contributed by atoms with E-state index in [1.807, 2.05) is 12.1 Å². The lowest BCUT2D eigenvalue weighted by molar-refractivity contribution is 0.364. The highest BCUT2D eigenvalue weighted by atomic mass is 79.9. The van der Waals surface area contributed by atoms with E-state index < -0.39 is 0 Å². The van der Waals surface area contributed by atoms with Gasteiger partial charge in [-0.1, -0.05) is 21.9 Å². The minimum absolute atomic E-state index is 0.290. The van der Waals surface area contributed by atoms with Gasteiger partial charge in [-0.2, -0.15) is 0 Å². The largest absolute Gasteiger partial charge is 0.481 e. The van der Waals surface area contributed by atoms with Crippen LogP contribution < -0.4 is 10.1 Å². The summed E-state index contributed by atoms with van der Waals surface area (Å²) in [4.78, 5) is 1.37. The number of hydrogen-bond donors (Lipinski definition) is 1. The van der Waals surface area contributed by atoms with Crippen molar-refractivity contribution >= 4 is 27.3 Å². The van der Waals surface area contributed by atoms with Gasteiger partial charge in [-0.05, 0) is 42.1 Å². The number of ether oxygens (including phenoxy) is 1. The average molecular weight is 350 g/mol. The number of terminal acetylenes is 1. The van der Waals surface area contributed by atoms with Crippen molar-refractivity contribution in [2.24, 2.45) is 0 Å². The van der Waals surface area contributed by atoms with Gasteiger partial charge >= 0.3 is 0 Å². The second-order valence-electron chi connectivity index (χ2n) is 4.38. The van der Waals surface area contributed by atoms with Crippen molar-refractivity contribution in [3.05, 3.63) is 50.1 Å². The van der Waals surface area contributed by atoms with Crippen LogP contribution in [-0.2, 0) is 13.1 Å². The van der Waals surface area contributed by atoms with Gasteiger partial charge < -0.3 is 10.1 Å². The maximum Gasteiger partial charge on any atom is 0.148 e. The summed E-state index contributed by atoms with van der Waals surface area (Å²) in [7, 11) is 0. The zero-order valence-corrected chi connectivity index (χ0v) is 13.7. The van der Waals surface area contributed by atoms with E-state index in [9.17, 15) is 0 Å². The summed E-state index contributed by atoms with van der Waals surface area (Å²) in [6, 6.07) is 8.09. The molecule has 0 fully saturated rings. The van der Waals surface area contributed by atoms with E-state index in [-0.39, 0.29) is 0 Å². The number of aryl methyl sites for hydroxylation is 1. The molecule has 2 aromatic rings. The number of thiophene rings is 1. The molecule has 0 bridgehead atoms. The zero-order chi connectivity index (χ0) is 14.4. The Kier molecular flexibility index (Phi) is 5.66. The van der Waals surface area contributed by atoms with E-state index in [0.717, 1.165) is 28.9 Å². The molecule has 0 aliphatic rings. The quantitative estimate of drug-likeness (QED) is 0.792. The Balaban J connectivity index is 1.99. The molecule has 0 atom stereocenters. The van der Waals surface area contributed by atoms with Gasteiger partial charge in [-0.3, -0.25) is 0 Å². The van der Waals surface area contributed by atoms with Crippen LogP contribution in [0, 0.1) is 19.3 Å². The van der Waals surface area contributed by atoms with Gasteiger partial charge in [0, 0.05) is 28.0 Å². The van der Waals surface area contributed by atoms with Crippen molar-refractivity contribution in [3.63, 3.8) is 0 Å². The van der Waals surface area contributed by atoms with Crippen LogP contribution >= 0.6 is 27.3 Å². The fraction of sp³-hybridized carbons (Fsp3) is 0.250. The summed E-state index contributed by atoms with van der Waals surface area (Å²) < 4.78 is 6.60. The van der Waals surface area contributed by atoms with Gasteiger partial charge in [-0.15, -0.1) is 17.8 Å². The van der Waals surface area contributed by atoms with Crippen molar-refractivity contribution in [1.82, 2.24) is 5.32 Å². The summed E-state index contributed by atoms with van der Waals surface area (Å²) in [5.74, 6) is 3.33. The van der Waals surface area contributed by atoms with Crippen LogP contribution in [0.15, 0.2) is 34.1 Å². The highest BCUT2D eigenvalue weighted by Crippen LogP contribution is 2.23. The van der Waals surface area contributed by atoms with E-state index in [1.165, 1.54) is 10.4 Å². The number of hydrogen-bond acceptors (Lipinski definition) is 3. The number of benzene rings is 1. The van der Waals surface area contributed by atoms with Crippen LogP contribution in [0.5, 0.6) is 5.75 Å². The van der Waals surface area contributed by atoms with Crippen molar-refractivity contribution in [3.8, 4) is 18.1 Å². The van der Waals surface area contributed by atoms with E-state index in [1.54, 1.807) is 11.3 Å². The minimum atomic E-state index is 0.290. The maximum atomic E-state index is 5.56. The normalized spacial score (nSPS) is 10.2. The molecule has 0 aliphatic carbocycles. The zero-order valence-electron chi connectivity index (χ0n) is 11.3. The molecule has 0 spiro atoms. The van der Waals surface area contributed by atoms with Crippen molar-refractivity contribution < 1.29 is 4.74 Å². The average Bonchev–Trinajstić information content (AvgIpc) is 2.84. The molecule has 2 rings (SSSR count). The van der Waals surface area contributed by atoms with E-state index in [4.69, 9.17) is 11.2 Å². The third kappa shape index (κ3) is 4.11. The van der Waals surface area contributed by atoms with E-state index in [0.29, 0.717) is 6.61 Å². The molecular weight excluding hydrogens is 334 g/mol. The van der Waals surface area contributed by atoms with Gasteiger partial charge in [0.25, 0.3) is 0 Å². The number of halogens is 1. The number of rotatable bonds is 6. The molecule has 1 aromatic carbocycles. The summed E-state index contributed by atoms with van der Waals surface area (Å²) in [5.41, 5.74) is 2.43. The SMILES string of the molecule is C#CCOc1ccc(Br)cc1CNCc1sccc1C. The summed E-state index contributed by atoms with van der Waals surface area (Å²) >= 11 is 5.26. The van der Waals surface area contributed by atoms with Crippen LogP contribution in [0.4, 0.5) is 0 Å². The fourth-order valence-corrected chi connectivity index (χ4v) is 3.13. The first kappa shape index (κ1) is 15.1. The third-order valence-corrected chi connectivity index (χ3v) is 4.42. The summed E-state index contributed by atoms with van der Waals surface area (Å²) in [5, 5.41) is 5.56. The van der Waals surface area contributed by atoms with Crippen molar-refractivity contribution in [1.29, 1.82) is 0 Å². The van der Waals surface area contributed by atoms with Gasteiger partial charge in [0.1, 0.15) is 12.4 Å². The van der Waals surface area contributed by atoms with Crippen LogP contribution in [0.3, 0.4) is 0 Å². The van der Waals surface area contributed by atoms with E-state index in [2.05, 4.69) is 51.6 Å². The first-order valence-corrected chi connectivity index (χ1v) is 7.96. The molecule has 0 amide bonds. The Hall–Kier alpha value is -1.28. The molecule has 4 heteroatoms. The van der Waals surface area contributed by atoms with Crippen molar-refractivity contribution in [2.75, 3.05) is 6.61 Å². The molecule has 0 aliphatic heterocycles. The smallest absolute Gasteiger partial charge is 0.148 e. The highest BCUT2D eigenvalue weighted by molar-refractivity contribution is 9.10.